The van der Waals surface area contributed by atoms with Crippen LogP contribution in [0.2, 0.25) is 10.0 Å². The first-order valence-electron chi connectivity index (χ1n) is 7.71. The Kier molecular flexibility index (Phi) is 6.96. The van der Waals surface area contributed by atoms with Crippen molar-refractivity contribution in [3.05, 3.63) is 64.1 Å². The van der Waals surface area contributed by atoms with Crippen molar-refractivity contribution in [2.24, 2.45) is 5.73 Å². The average Bonchev–Trinajstić information content (AvgIpc) is 2.98. The number of hydrogen-bond donors (Lipinski definition) is 1. The van der Waals surface area contributed by atoms with E-state index in [1.807, 2.05) is 30.3 Å². The molecule has 25 heavy (non-hydrogen) atoms. The second kappa shape index (κ2) is 8.77. The summed E-state index contributed by atoms with van der Waals surface area (Å²) in [5.74, 6) is 0.580. The van der Waals surface area contributed by atoms with Crippen molar-refractivity contribution in [1.29, 1.82) is 0 Å². The van der Waals surface area contributed by atoms with Gasteiger partial charge in [0, 0.05) is 31.1 Å². The minimum Gasteiger partial charge on any atom is -0.484 e. The zero-order chi connectivity index (χ0) is 17.1. The van der Waals surface area contributed by atoms with Crippen LogP contribution in [-0.2, 0) is 4.79 Å². The van der Waals surface area contributed by atoms with Gasteiger partial charge >= 0.3 is 0 Å². The van der Waals surface area contributed by atoms with E-state index >= 15 is 0 Å². The van der Waals surface area contributed by atoms with Crippen LogP contribution in [0.15, 0.2) is 48.5 Å². The third-order valence-corrected chi connectivity index (χ3v) is 4.94. The fourth-order valence-electron chi connectivity index (χ4n) is 2.89. The first-order chi connectivity index (χ1) is 11.5. The van der Waals surface area contributed by atoms with Crippen LogP contribution < -0.4 is 10.5 Å². The van der Waals surface area contributed by atoms with E-state index in [9.17, 15) is 4.79 Å². The number of carbonyl (C=O) groups excluding carboxylic acids is 1. The molecule has 4 nitrogen and oxygen atoms in total. The number of amides is 1. The predicted octanol–water partition coefficient (Wildman–Crippen LogP) is 3.75. The third kappa shape index (κ3) is 4.79. The number of rotatable bonds is 4. The van der Waals surface area contributed by atoms with Gasteiger partial charge in [0.25, 0.3) is 5.91 Å². The SMILES string of the molecule is Cl.N[C@@H]1CN(C(=O)COc2ccc(Cl)c(Cl)c2)C[C@H]1c1ccccc1. The molecule has 2 N–H and O–H groups in total. The summed E-state index contributed by atoms with van der Waals surface area (Å²) in [5, 5.41) is 0.848. The molecule has 1 amide bonds. The van der Waals surface area contributed by atoms with Crippen molar-refractivity contribution < 1.29 is 9.53 Å². The molecule has 1 fully saturated rings. The van der Waals surface area contributed by atoms with E-state index in [1.54, 1.807) is 23.1 Å². The predicted molar refractivity (Wildman–Crippen MR) is 103 cm³/mol. The van der Waals surface area contributed by atoms with Crippen molar-refractivity contribution in [2.45, 2.75) is 12.0 Å². The maximum Gasteiger partial charge on any atom is 0.260 e. The number of nitrogens with two attached hydrogens (primary N) is 1. The van der Waals surface area contributed by atoms with E-state index in [1.165, 1.54) is 0 Å². The highest BCUT2D eigenvalue weighted by atomic mass is 35.5. The van der Waals surface area contributed by atoms with Crippen LogP contribution in [0.25, 0.3) is 0 Å². The smallest absolute Gasteiger partial charge is 0.260 e. The second-order valence-electron chi connectivity index (χ2n) is 5.84. The van der Waals surface area contributed by atoms with Crippen LogP contribution in [0, 0.1) is 0 Å². The first kappa shape index (κ1) is 19.9. The lowest BCUT2D eigenvalue weighted by atomic mass is 9.95. The summed E-state index contributed by atoms with van der Waals surface area (Å²) in [6, 6.07) is 14.9. The molecule has 0 aromatic heterocycles. The monoisotopic (exact) mass is 400 g/mol. The Morgan fingerprint density at radius 3 is 2.52 bits per heavy atom. The Hall–Kier alpha value is -1.46. The highest BCUT2D eigenvalue weighted by molar-refractivity contribution is 6.42. The van der Waals surface area contributed by atoms with E-state index in [-0.39, 0.29) is 36.9 Å². The topological polar surface area (TPSA) is 55.6 Å². The summed E-state index contributed by atoms with van der Waals surface area (Å²) in [6.45, 7) is 1.09. The van der Waals surface area contributed by atoms with E-state index < -0.39 is 0 Å². The molecule has 0 saturated carbocycles. The standard InChI is InChI=1S/C18H18Cl2N2O2.ClH/c19-15-7-6-13(8-16(15)20)24-11-18(23)22-9-14(17(21)10-22)12-4-2-1-3-5-12;/h1-8,14,17H,9-11,21H2;1H/t14-,17+;/m0./s1. The highest BCUT2D eigenvalue weighted by Crippen LogP contribution is 2.28. The Balaban J connectivity index is 0.00000225. The van der Waals surface area contributed by atoms with Gasteiger partial charge in [-0.15, -0.1) is 12.4 Å². The van der Waals surface area contributed by atoms with Gasteiger partial charge < -0.3 is 15.4 Å². The van der Waals surface area contributed by atoms with Crippen LogP contribution in [0.1, 0.15) is 11.5 Å². The molecular formula is C18H19Cl3N2O2. The van der Waals surface area contributed by atoms with Crippen LogP contribution in [-0.4, -0.2) is 36.5 Å². The fraction of sp³-hybridized carbons (Fsp3) is 0.278. The third-order valence-electron chi connectivity index (χ3n) is 4.20. The minimum atomic E-state index is -0.0880. The van der Waals surface area contributed by atoms with Gasteiger partial charge in [0.1, 0.15) is 5.75 Å². The normalized spacial score (nSPS) is 19.4. The van der Waals surface area contributed by atoms with Crippen molar-refractivity contribution in [3.8, 4) is 5.75 Å². The van der Waals surface area contributed by atoms with Crippen LogP contribution in [0.3, 0.4) is 0 Å². The minimum absolute atomic E-state index is 0. The number of hydrogen-bond acceptors (Lipinski definition) is 3. The summed E-state index contributed by atoms with van der Waals surface area (Å²) in [7, 11) is 0. The maximum absolute atomic E-state index is 12.4. The molecule has 2 aromatic rings. The second-order valence-corrected chi connectivity index (χ2v) is 6.66. The van der Waals surface area contributed by atoms with Gasteiger partial charge in [0.2, 0.25) is 0 Å². The highest BCUT2D eigenvalue weighted by Gasteiger charge is 2.33. The molecule has 0 unspecified atom stereocenters. The maximum atomic E-state index is 12.4. The van der Waals surface area contributed by atoms with Gasteiger partial charge in [-0.05, 0) is 17.7 Å². The zero-order valence-electron chi connectivity index (χ0n) is 13.4. The van der Waals surface area contributed by atoms with Gasteiger partial charge in [-0.25, -0.2) is 0 Å². The van der Waals surface area contributed by atoms with Gasteiger partial charge in [0.05, 0.1) is 10.0 Å². The molecule has 1 aliphatic heterocycles. The Bertz CT molecular complexity index is 728. The summed E-state index contributed by atoms with van der Waals surface area (Å²) in [4.78, 5) is 14.1. The fourth-order valence-corrected chi connectivity index (χ4v) is 3.18. The Morgan fingerprint density at radius 2 is 1.84 bits per heavy atom. The number of ether oxygens (including phenoxy) is 1. The van der Waals surface area contributed by atoms with Crippen LogP contribution in [0.5, 0.6) is 5.75 Å². The molecule has 1 aliphatic rings. The summed E-state index contributed by atoms with van der Waals surface area (Å²) >= 11 is 11.8. The van der Waals surface area contributed by atoms with E-state index in [2.05, 4.69) is 0 Å². The number of likely N-dealkylation sites (tertiary alicyclic amines) is 1. The van der Waals surface area contributed by atoms with Crippen molar-refractivity contribution in [2.75, 3.05) is 19.7 Å². The van der Waals surface area contributed by atoms with E-state index in [0.29, 0.717) is 28.9 Å². The number of nitrogens with zero attached hydrogens (tertiary/aromatic N) is 1. The number of halogens is 3. The first-order valence-corrected chi connectivity index (χ1v) is 8.46. The molecule has 0 spiro atoms. The van der Waals surface area contributed by atoms with Crippen LogP contribution >= 0.6 is 35.6 Å². The van der Waals surface area contributed by atoms with Gasteiger partial charge in [-0.3, -0.25) is 4.79 Å². The summed E-state index contributed by atoms with van der Waals surface area (Å²) < 4.78 is 5.52. The zero-order valence-corrected chi connectivity index (χ0v) is 15.7. The largest absolute Gasteiger partial charge is 0.484 e. The molecular weight excluding hydrogens is 383 g/mol. The lowest BCUT2D eigenvalue weighted by Crippen LogP contribution is -2.35. The Morgan fingerprint density at radius 1 is 1.12 bits per heavy atom. The molecule has 3 rings (SSSR count). The van der Waals surface area contributed by atoms with E-state index in [4.69, 9.17) is 33.7 Å². The lowest BCUT2D eigenvalue weighted by Gasteiger charge is -2.17. The van der Waals surface area contributed by atoms with Crippen molar-refractivity contribution in [3.63, 3.8) is 0 Å². The average molecular weight is 402 g/mol. The molecule has 0 bridgehead atoms. The summed E-state index contributed by atoms with van der Waals surface area (Å²) in [5.41, 5.74) is 7.37. The molecule has 7 heteroatoms. The molecule has 134 valence electrons. The van der Waals surface area contributed by atoms with Gasteiger partial charge in [-0.2, -0.15) is 0 Å². The van der Waals surface area contributed by atoms with Crippen molar-refractivity contribution >= 4 is 41.5 Å². The number of benzene rings is 2. The van der Waals surface area contributed by atoms with Gasteiger partial charge in [0.15, 0.2) is 6.61 Å². The van der Waals surface area contributed by atoms with Crippen LogP contribution in [0.4, 0.5) is 0 Å². The van der Waals surface area contributed by atoms with Crippen molar-refractivity contribution in [1.82, 2.24) is 4.90 Å². The molecule has 1 saturated heterocycles. The molecule has 0 aliphatic carbocycles. The van der Waals surface area contributed by atoms with E-state index in [0.717, 1.165) is 5.56 Å². The molecule has 0 radical (unpaired) electrons. The quantitative estimate of drug-likeness (QED) is 0.849. The molecule has 2 atom stereocenters. The summed E-state index contributed by atoms with van der Waals surface area (Å²) in [6.07, 6.45) is 0. The number of carbonyl (C=O) groups is 1. The van der Waals surface area contributed by atoms with Gasteiger partial charge in [-0.1, -0.05) is 53.5 Å². The lowest BCUT2D eigenvalue weighted by molar-refractivity contribution is -0.132. The molecule has 1 heterocycles. The Labute approximate surface area is 163 Å². The molecule has 2 aromatic carbocycles.